The molecule has 168 valence electrons. The number of halogens is 3. The predicted octanol–water partition coefficient (Wildman–Crippen LogP) is 6.44. The van der Waals surface area contributed by atoms with Crippen LogP contribution in [0.2, 0.25) is 0 Å². The molecule has 0 aliphatic rings. The van der Waals surface area contributed by atoms with E-state index < -0.39 is 17.7 Å². The summed E-state index contributed by atoms with van der Waals surface area (Å²) in [5.74, 6) is -0.324. The van der Waals surface area contributed by atoms with Crippen molar-refractivity contribution in [3.05, 3.63) is 95.2 Å². The third-order valence-corrected chi connectivity index (χ3v) is 5.30. The maximum Gasteiger partial charge on any atom is 0.418 e. The summed E-state index contributed by atoms with van der Waals surface area (Å²) in [6, 6.07) is 18.4. The van der Waals surface area contributed by atoms with E-state index in [1.807, 2.05) is 13.0 Å². The number of aromatic nitrogens is 1. The number of rotatable bonds is 6. The lowest BCUT2D eigenvalue weighted by atomic mass is 9.95. The van der Waals surface area contributed by atoms with E-state index in [0.717, 1.165) is 22.8 Å². The van der Waals surface area contributed by atoms with Gasteiger partial charge in [0.1, 0.15) is 12.4 Å². The first-order valence-corrected chi connectivity index (χ1v) is 10.2. The van der Waals surface area contributed by atoms with Crippen LogP contribution in [0.1, 0.15) is 22.3 Å². The molecule has 0 saturated heterocycles. The Morgan fingerprint density at radius 1 is 1.00 bits per heavy atom. The van der Waals surface area contributed by atoms with Crippen molar-refractivity contribution in [2.75, 3.05) is 0 Å². The van der Waals surface area contributed by atoms with Gasteiger partial charge in [0.05, 0.1) is 17.5 Å². The van der Waals surface area contributed by atoms with E-state index >= 15 is 0 Å². The Morgan fingerprint density at radius 3 is 2.39 bits per heavy atom. The second kappa shape index (κ2) is 8.94. The zero-order valence-electron chi connectivity index (χ0n) is 17.7. The molecule has 0 amide bonds. The molecule has 0 aliphatic heterocycles. The monoisotopic (exact) mass is 451 g/mol. The summed E-state index contributed by atoms with van der Waals surface area (Å²) >= 11 is 0. The molecule has 4 aromatic rings. The van der Waals surface area contributed by atoms with Crippen molar-refractivity contribution < 1.29 is 27.8 Å². The first kappa shape index (κ1) is 22.3. The van der Waals surface area contributed by atoms with Gasteiger partial charge in [-0.2, -0.15) is 13.2 Å². The van der Waals surface area contributed by atoms with Crippen molar-refractivity contribution >= 4 is 16.9 Å². The highest BCUT2D eigenvalue weighted by Gasteiger charge is 2.33. The van der Waals surface area contributed by atoms with E-state index in [9.17, 15) is 18.0 Å². The van der Waals surface area contributed by atoms with Crippen LogP contribution in [0.3, 0.4) is 0 Å². The molecule has 1 aromatic heterocycles. The number of carboxylic acid groups (broad SMARTS) is 1. The number of aliphatic carboxylic acids is 1. The second-order valence-corrected chi connectivity index (χ2v) is 7.72. The van der Waals surface area contributed by atoms with Gasteiger partial charge < -0.3 is 9.84 Å². The molecule has 0 atom stereocenters. The molecule has 4 nitrogen and oxygen atoms in total. The number of pyridine rings is 1. The summed E-state index contributed by atoms with van der Waals surface area (Å²) < 4.78 is 46.3. The Kier molecular flexibility index (Phi) is 6.05. The molecule has 0 radical (unpaired) electrons. The van der Waals surface area contributed by atoms with Crippen LogP contribution in [0.15, 0.2) is 72.9 Å². The zero-order valence-corrected chi connectivity index (χ0v) is 17.7. The van der Waals surface area contributed by atoms with Crippen LogP contribution in [-0.4, -0.2) is 16.1 Å². The molecule has 0 unspecified atom stereocenters. The van der Waals surface area contributed by atoms with Gasteiger partial charge in [0, 0.05) is 11.6 Å². The maximum absolute atomic E-state index is 13.5. The first-order chi connectivity index (χ1) is 15.7. The Labute approximate surface area is 188 Å². The van der Waals surface area contributed by atoms with Crippen molar-refractivity contribution in [2.24, 2.45) is 0 Å². The van der Waals surface area contributed by atoms with E-state index in [2.05, 4.69) is 4.98 Å². The number of hydrogen-bond donors (Lipinski definition) is 1. The minimum atomic E-state index is -4.50. The van der Waals surface area contributed by atoms with Crippen LogP contribution in [0.25, 0.3) is 22.0 Å². The maximum atomic E-state index is 13.5. The highest BCUT2D eigenvalue weighted by molar-refractivity contribution is 5.97. The molecular weight excluding hydrogens is 431 g/mol. The van der Waals surface area contributed by atoms with Gasteiger partial charge in [-0.3, -0.25) is 9.78 Å². The minimum absolute atomic E-state index is 0.0432. The van der Waals surface area contributed by atoms with Crippen LogP contribution in [0.4, 0.5) is 13.2 Å². The summed E-state index contributed by atoms with van der Waals surface area (Å²) in [5.41, 5.74) is 2.89. The fraction of sp³-hybridized carbons (Fsp3) is 0.154. The molecule has 33 heavy (non-hydrogen) atoms. The summed E-state index contributed by atoms with van der Waals surface area (Å²) in [7, 11) is 0. The van der Waals surface area contributed by atoms with Gasteiger partial charge in [-0.1, -0.05) is 48.5 Å². The second-order valence-electron chi connectivity index (χ2n) is 7.72. The van der Waals surface area contributed by atoms with E-state index in [4.69, 9.17) is 9.84 Å². The van der Waals surface area contributed by atoms with E-state index in [1.54, 1.807) is 48.5 Å². The van der Waals surface area contributed by atoms with E-state index in [0.29, 0.717) is 22.3 Å². The average Bonchev–Trinajstić information content (AvgIpc) is 2.77. The zero-order chi connectivity index (χ0) is 23.6. The Bertz CT molecular complexity index is 1310. The average molecular weight is 451 g/mol. The fourth-order valence-electron chi connectivity index (χ4n) is 3.77. The number of hydrogen-bond acceptors (Lipinski definition) is 3. The molecule has 0 aliphatic carbocycles. The third-order valence-electron chi connectivity index (χ3n) is 5.30. The van der Waals surface area contributed by atoms with Gasteiger partial charge in [-0.15, -0.1) is 0 Å². The molecule has 4 rings (SSSR count). The lowest BCUT2D eigenvalue weighted by Gasteiger charge is -2.15. The van der Waals surface area contributed by atoms with Crippen molar-refractivity contribution in [1.29, 1.82) is 0 Å². The number of benzene rings is 3. The van der Waals surface area contributed by atoms with Crippen molar-refractivity contribution in [3.63, 3.8) is 0 Å². The van der Waals surface area contributed by atoms with Gasteiger partial charge in [-0.05, 0) is 52.9 Å². The SMILES string of the molecule is Cc1cnc2c(C(F)(F)F)cccc2c1-c1cccc(OCc2ccc(CC(=O)O)cc2)c1. The number of carbonyl (C=O) groups is 1. The lowest BCUT2D eigenvalue weighted by Crippen LogP contribution is -2.07. The highest BCUT2D eigenvalue weighted by Crippen LogP contribution is 2.38. The third kappa shape index (κ3) is 4.98. The number of aryl methyl sites for hydroxylation is 1. The fourth-order valence-corrected chi connectivity index (χ4v) is 3.77. The normalized spacial score (nSPS) is 11.5. The molecule has 0 fully saturated rings. The summed E-state index contributed by atoms with van der Waals surface area (Å²) in [4.78, 5) is 14.9. The van der Waals surface area contributed by atoms with Gasteiger partial charge >= 0.3 is 12.1 Å². The van der Waals surface area contributed by atoms with Crippen LogP contribution in [0, 0.1) is 6.92 Å². The molecule has 0 saturated carbocycles. The Morgan fingerprint density at radius 2 is 1.70 bits per heavy atom. The van der Waals surface area contributed by atoms with Gasteiger partial charge in [-0.25, -0.2) is 0 Å². The molecule has 1 N–H and O–H groups in total. The van der Waals surface area contributed by atoms with E-state index in [-0.39, 0.29) is 18.5 Å². The van der Waals surface area contributed by atoms with Gasteiger partial charge in [0.15, 0.2) is 0 Å². The molecule has 0 spiro atoms. The number of para-hydroxylation sites is 1. The standard InChI is InChI=1S/C26H20F3NO3/c1-16-14-30-25-21(6-3-7-22(25)26(27,28)29)24(16)19-4-2-5-20(13-19)33-15-18-10-8-17(9-11-18)12-23(31)32/h2-11,13-14H,12,15H2,1H3,(H,31,32). The Hall–Kier alpha value is -3.87. The predicted molar refractivity (Wildman–Crippen MR) is 119 cm³/mol. The van der Waals surface area contributed by atoms with E-state index in [1.165, 1.54) is 12.3 Å². The molecule has 1 heterocycles. The van der Waals surface area contributed by atoms with Crippen LogP contribution >= 0.6 is 0 Å². The summed E-state index contributed by atoms with van der Waals surface area (Å²) in [6.45, 7) is 2.08. The summed E-state index contributed by atoms with van der Waals surface area (Å²) in [6.07, 6.45) is -3.08. The number of carboxylic acids is 1. The van der Waals surface area contributed by atoms with Crippen molar-refractivity contribution in [1.82, 2.24) is 4.98 Å². The van der Waals surface area contributed by atoms with Gasteiger partial charge in [0.2, 0.25) is 0 Å². The highest BCUT2D eigenvalue weighted by atomic mass is 19.4. The molecular formula is C26H20F3NO3. The molecule has 0 bridgehead atoms. The molecule has 7 heteroatoms. The largest absolute Gasteiger partial charge is 0.489 e. The number of fused-ring (bicyclic) bond motifs is 1. The van der Waals surface area contributed by atoms with Crippen LogP contribution < -0.4 is 4.74 Å². The number of alkyl halides is 3. The summed E-state index contributed by atoms with van der Waals surface area (Å²) in [5, 5.41) is 9.29. The van der Waals surface area contributed by atoms with Crippen LogP contribution in [-0.2, 0) is 24.0 Å². The lowest BCUT2D eigenvalue weighted by molar-refractivity contribution is -0.137. The number of ether oxygens (including phenoxy) is 1. The number of nitrogens with zero attached hydrogens (tertiary/aromatic N) is 1. The van der Waals surface area contributed by atoms with Gasteiger partial charge in [0.25, 0.3) is 0 Å². The Balaban J connectivity index is 1.63. The minimum Gasteiger partial charge on any atom is -0.489 e. The molecule has 3 aromatic carbocycles. The van der Waals surface area contributed by atoms with Crippen LogP contribution in [0.5, 0.6) is 5.75 Å². The quantitative estimate of drug-likeness (QED) is 0.367. The van der Waals surface area contributed by atoms with Crippen molar-refractivity contribution in [3.8, 4) is 16.9 Å². The van der Waals surface area contributed by atoms with Crippen molar-refractivity contribution in [2.45, 2.75) is 26.1 Å². The smallest absolute Gasteiger partial charge is 0.418 e. The topological polar surface area (TPSA) is 59.4 Å². The first-order valence-electron chi connectivity index (χ1n) is 10.2.